The van der Waals surface area contributed by atoms with Crippen LogP contribution in [-0.2, 0) is 6.54 Å². The molecule has 0 atom stereocenters. The van der Waals surface area contributed by atoms with Crippen LogP contribution in [0.4, 0.5) is 8.78 Å². The summed E-state index contributed by atoms with van der Waals surface area (Å²) < 4.78 is 30.8. The topological polar surface area (TPSA) is 85.8 Å². The zero-order chi connectivity index (χ0) is 20.7. The van der Waals surface area contributed by atoms with Crippen LogP contribution in [-0.4, -0.2) is 35.6 Å². The number of halogens is 2. The van der Waals surface area contributed by atoms with Crippen molar-refractivity contribution >= 4 is 17.0 Å². The molecule has 3 aromatic heterocycles. The summed E-state index contributed by atoms with van der Waals surface area (Å²) in [7, 11) is 0. The lowest BCUT2D eigenvalue weighted by molar-refractivity contribution is 0.0697. The number of fused-ring (bicyclic) bond motifs is 1. The molecule has 0 bridgehead atoms. The van der Waals surface area contributed by atoms with Crippen LogP contribution in [0.25, 0.3) is 28.0 Å². The van der Waals surface area contributed by atoms with Gasteiger partial charge in [0.1, 0.15) is 0 Å². The van der Waals surface area contributed by atoms with E-state index in [9.17, 15) is 13.6 Å². The van der Waals surface area contributed by atoms with Crippen molar-refractivity contribution in [2.45, 2.75) is 26.8 Å². The van der Waals surface area contributed by atoms with Gasteiger partial charge in [-0.15, -0.1) is 0 Å². The summed E-state index contributed by atoms with van der Waals surface area (Å²) >= 11 is 0. The predicted octanol–water partition coefficient (Wildman–Crippen LogP) is 4.25. The monoisotopic (exact) mass is 397 g/mol. The van der Waals surface area contributed by atoms with Crippen molar-refractivity contribution in [1.29, 1.82) is 0 Å². The number of benzene rings is 1. The van der Waals surface area contributed by atoms with Crippen molar-refractivity contribution in [3.63, 3.8) is 0 Å². The fourth-order valence-electron chi connectivity index (χ4n) is 3.24. The molecule has 0 fully saturated rings. The first kappa shape index (κ1) is 18.7. The third-order valence-corrected chi connectivity index (χ3v) is 4.69. The molecule has 1 N–H and O–H groups in total. The highest BCUT2D eigenvalue weighted by Crippen LogP contribution is 2.33. The van der Waals surface area contributed by atoms with Gasteiger partial charge in [-0.2, -0.15) is 10.2 Å². The first-order chi connectivity index (χ1) is 13.9. The van der Waals surface area contributed by atoms with Gasteiger partial charge >= 0.3 is 5.97 Å². The van der Waals surface area contributed by atoms with Gasteiger partial charge in [-0.1, -0.05) is 0 Å². The predicted molar refractivity (Wildman–Crippen MR) is 102 cm³/mol. The highest BCUT2D eigenvalue weighted by Gasteiger charge is 2.22. The summed E-state index contributed by atoms with van der Waals surface area (Å²) in [5.41, 5.74) is 2.19. The fourth-order valence-corrected chi connectivity index (χ4v) is 3.24. The van der Waals surface area contributed by atoms with Crippen molar-refractivity contribution in [2.24, 2.45) is 0 Å². The quantitative estimate of drug-likeness (QED) is 0.544. The number of carbonyl (C=O) groups is 1. The van der Waals surface area contributed by atoms with E-state index in [1.165, 1.54) is 22.9 Å². The molecule has 0 aliphatic heterocycles. The molecule has 9 heteroatoms. The van der Waals surface area contributed by atoms with E-state index in [1.54, 1.807) is 36.1 Å². The molecule has 0 unspecified atom stereocenters. The number of aryl methyl sites for hydroxylation is 2. The molecule has 0 radical (unpaired) electrons. The maximum atomic E-state index is 13.8. The minimum absolute atomic E-state index is 0.121. The lowest BCUT2D eigenvalue weighted by atomic mass is 10.1. The second-order valence-corrected chi connectivity index (χ2v) is 6.53. The Kier molecular flexibility index (Phi) is 4.57. The van der Waals surface area contributed by atoms with Crippen LogP contribution in [0.15, 0.2) is 42.7 Å². The van der Waals surface area contributed by atoms with Gasteiger partial charge in [-0.3, -0.25) is 4.68 Å². The van der Waals surface area contributed by atoms with Gasteiger partial charge in [0.05, 0.1) is 34.2 Å². The largest absolute Gasteiger partial charge is 0.478 e. The molecule has 4 aromatic rings. The van der Waals surface area contributed by atoms with Crippen LogP contribution in [0.2, 0.25) is 0 Å². The number of hydrogen-bond donors (Lipinski definition) is 1. The van der Waals surface area contributed by atoms with E-state index in [-0.39, 0.29) is 22.2 Å². The zero-order valence-electron chi connectivity index (χ0n) is 15.7. The van der Waals surface area contributed by atoms with Crippen molar-refractivity contribution in [1.82, 2.24) is 24.5 Å². The van der Waals surface area contributed by atoms with Crippen LogP contribution < -0.4 is 0 Å². The molecule has 7 nitrogen and oxygen atoms in total. The average Bonchev–Trinajstić information content (AvgIpc) is 3.32. The van der Waals surface area contributed by atoms with E-state index in [1.807, 2.05) is 6.92 Å². The Morgan fingerprint density at radius 3 is 2.55 bits per heavy atom. The highest BCUT2D eigenvalue weighted by molar-refractivity contribution is 5.88. The van der Waals surface area contributed by atoms with Crippen LogP contribution in [0.5, 0.6) is 0 Å². The second-order valence-electron chi connectivity index (χ2n) is 6.53. The van der Waals surface area contributed by atoms with Crippen molar-refractivity contribution < 1.29 is 18.7 Å². The smallest absolute Gasteiger partial charge is 0.335 e. The Hall–Kier alpha value is -3.62. The van der Waals surface area contributed by atoms with Crippen LogP contribution >= 0.6 is 0 Å². The molecule has 29 heavy (non-hydrogen) atoms. The van der Waals surface area contributed by atoms with E-state index in [0.717, 1.165) is 0 Å². The average molecular weight is 397 g/mol. The van der Waals surface area contributed by atoms with E-state index >= 15 is 0 Å². The normalized spacial score (nSPS) is 11.5. The SMILES string of the molecule is CCn1cc(-c2cc(C(F)F)c3c(C)nn(-c4ccc(C(=O)O)cc4)c3n2)cn1. The number of aromatic nitrogens is 5. The fraction of sp³-hybridized carbons (Fsp3) is 0.200. The Morgan fingerprint density at radius 2 is 1.97 bits per heavy atom. The van der Waals surface area contributed by atoms with Crippen molar-refractivity contribution in [2.75, 3.05) is 0 Å². The first-order valence-corrected chi connectivity index (χ1v) is 8.94. The van der Waals surface area contributed by atoms with Gasteiger partial charge < -0.3 is 5.11 Å². The van der Waals surface area contributed by atoms with E-state index in [2.05, 4.69) is 15.2 Å². The molecule has 0 saturated carbocycles. The maximum Gasteiger partial charge on any atom is 0.335 e. The molecule has 0 amide bonds. The number of carboxylic acid groups (broad SMARTS) is 1. The molecule has 0 aliphatic carbocycles. The summed E-state index contributed by atoms with van der Waals surface area (Å²) in [4.78, 5) is 15.7. The van der Waals surface area contributed by atoms with Gasteiger partial charge in [-0.05, 0) is 44.2 Å². The molecule has 0 aliphatic rings. The summed E-state index contributed by atoms with van der Waals surface area (Å²) in [6, 6.07) is 7.38. The third-order valence-electron chi connectivity index (χ3n) is 4.69. The molecule has 148 valence electrons. The van der Waals surface area contributed by atoms with Crippen LogP contribution in [0, 0.1) is 6.92 Å². The van der Waals surface area contributed by atoms with Crippen molar-refractivity contribution in [3.05, 3.63) is 59.5 Å². The molecule has 0 saturated heterocycles. The van der Waals surface area contributed by atoms with Crippen molar-refractivity contribution in [3.8, 4) is 16.9 Å². The number of pyridine rings is 1. The maximum absolute atomic E-state index is 13.8. The Labute approximate surface area is 164 Å². The lowest BCUT2D eigenvalue weighted by Gasteiger charge is -2.08. The molecular formula is C20H17F2N5O2. The Balaban J connectivity index is 1.95. The molecular weight excluding hydrogens is 380 g/mol. The van der Waals surface area contributed by atoms with Gasteiger partial charge in [0.25, 0.3) is 6.43 Å². The van der Waals surface area contributed by atoms with Gasteiger partial charge in [0.2, 0.25) is 0 Å². The molecule has 1 aromatic carbocycles. The van der Waals surface area contributed by atoms with Gasteiger partial charge in [0, 0.05) is 23.9 Å². The number of aromatic carboxylic acids is 1. The Morgan fingerprint density at radius 1 is 1.24 bits per heavy atom. The summed E-state index contributed by atoms with van der Waals surface area (Å²) in [6.07, 6.45) is 0.632. The first-order valence-electron chi connectivity index (χ1n) is 8.94. The summed E-state index contributed by atoms with van der Waals surface area (Å²) in [6.45, 7) is 4.22. The number of carboxylic acids is 1. The summed E-state index contributed by atoms with van der Waals surface area (Å²) in [5, 5.41) is 17.9. The lowest BCUT2D eigenvalue weighted by Crippen LogP contribution is -2.01. The number of nitrogens with zero attached hydrogens (tertiary/aromatic N) is 5. The summed E-state index contributed by atoms with van der Waals surface area (Å²) in [5.74, 6) is -1.05. The minimum atomic E-state index is -2.70. The zero-order valence-corrected chi connectivity index (χ0v) is 15.7. The minimum Gasteiger partial charge on any atom is -0.478 e. The number of alkyl halides is 2. The highest BCUT2D eigenvalue weighted by atomic mass is 19.3. The molecule has 0 spiro atoms. The number of rotatable bonds is 5. The van der Waals surface area contributed by atoms with Gasteiger partial charge in [-0.25, -0.2) is 23.2 Å². The van der Waals surface area contributed by atoms with E-state index in [0.29, 0.717) is 29.2 Å². The molecule has 4 rings (SSSR count). The van der Waals surface area contributed by atoms with E-state index < -0.39 is 12.4 Å². The van der Waals surface area contributed by atoms with Gasteiger partial charge in [0.15, 0.2) is 5.65 Å². The van der Waals surface area contributed by atoms with Crippen LogP contribution in [0.3, 0.4) is 0 Å². The van der Waals surface area contributed by atoms with E-state index in [4.69, 9.17) is 5.11 Å². The second kappa shape index (κ2) is 7.08. The van der Waals surface area contributed by atoms with Crippen LogP contribution in [0.1, 0.15) is 35.0 Å². The standard InChI is InChI=1S/C20H17F2N5O2/c1-3-26-10-13(9-23-26)16-8-15(18(21)22)17-11(2)25-27(19(17)24-16)14-6-4-12(5-7-14)20(28)29/h4-10,18H,3H2,1-2H3,(H,28,29). The third kappa shape index (κ3) is 3.24. The Bertz CT molecular complexity index is 1210. The molecule has 3 heterocycles. The number of hydrogen-bond acceptors (Lipinski definition) is 4.